The number of benzene rings is 2. The fourth-order valence-corrected chi connectivity index (χ4v) is 3.73. The Bertz CT molecular complexity index is 1120. The van der Waals surface area contributed by atoms with Crippen LogP contribution in [0.2, 0.25) is 5.02 Å². The van der Waals surface area contributed by atoms with Gasteiger partial charge in [-0.2, -0.15) is 18.2 Å². The lowest BCUT2D eigenvalue weighted by atomic mass is 10.1. The average Bonchev–Trinajstić information content (AvgIpc) is 2.93. The lowest BCUT2D eigenvalue weighted by Crippen LogP contribution is -2.21. The van der Waals surface area contributed by atoms with Crippen molar-refractivity contribution in [1.82, 2.24) is 4.57 Å². The first kappa shape index (κ1) is 19.1. The van der Waals surface area contributed by atoms with E-state index in [-0.39, 0.29) is 10.4 Å². The Morgan fingerprint density at radius 3 is 2.56 bits per heavy atom. The molecule has 0 aliphatic heterocycles. The molecular formula is C17H10ClF3N2O3S. The zero-order valence-corrected chi connectivity index (χ0v) is 14.9. The summed E-state index contributed by atoms with van der Waals surface area (Å²) < 4.78 is 40.3. The Kier molecular flexibility index (Phi) is 5.07. The fraction of sp³-hybridized carbons (Fsp3) is 0.118. The normalized spacial score (nSPS) is 12.5. The number of carbonyl (C=O) groups is 2. The Hall–Kier alpha value is -2.65. The molecule has 2 aromatic carbocycles. The van der Waals surface area contributed by atoms with Gasteiger partial charge in [-0.25, -0.2) is 0 Å². The van der Waals surface area contributed by atoms with Crippen LogP contribution in [0.5, 0.6) is 0 Å². The zero-order chi connectivity index (χ0) is 19.8. The Labute approximate surface area is 159 Å². The molecule has 1 aromatic heterocycles. The lowest BCUT2D eigenvalue weighted by Gasteiger charge is -2.06. The predicted molar refractivity (Wildman–Crippen MR) is 93.8 cm³/mol. The van der Waals surface area contributed by atoms with Gasteiger partial charge in [0.05, 0.1) is 20.8 Å². The van der Waals surface area contributed by atoms with Gasteiger partial charge < -0.3 is 9.67 Å². The molecule has 0 radical (unpaired) electrons. The van der Waals surface area contributed by atoms with Crippen LogP contribution in [0.3, 0.4) is 0 Å². The number of alkyl halides is 3. The van der Waals surface area contributed by atoms with E-state index in [0.29, 0.717) is 21.3 Å². The number of amides is 1. The summed E-state index contributed by atoms with van der Waals surface area (Å²) in [6.07, 6.45) is -4.59. The molecule has 0 saturated heterocycles. The van der Waals surface area contributed by atoms with Gasteiger partial charge in [0.2, 0.25) is 0 Å². The Morgan fingerprint density at radius 1 is 1.19 bits per heavy atom. The smallest absolute Gasteiger partial charge is 0.416 e. The molecule has 1 amide bonds. The summed E-state index contributed by atoms with van der Waals surface area (Å²) in [7, 11) is 0. The van der Waals surface area contributed by atoms with Crippen molar-refractivity contribution in [3.63, 3.8) is 0 Å². The van der Waals surface area contributed by atoms with E-state index in [0.717, 1.165) is 23.5 Å². The van der Waals surface area contributed by atoms with E-state index in [9.17, 15) is 22.8 Å². The quantitative estimate of drug-likeness (QED) is 0.698. The van der Waals surface area contributed by atoms with Gasteiger partial charge in [0.25, 0.3) is 5.91 Å². The van der Waals surface area contributed by atoms with Gasteiger partial charge in [0, 0.05) is 5.56 Å². The maximum Gasteiger partial charge on any atom is 0.416 e. The molecule has 0 aliphatic carbocycles. The Morgan fingerprint density at radius 2 is 1.89 bits per heavy atom. The van der Waals surface area contributed by atoms with Crippen LogP contribution < -0.4 is 4.80 Å². The minimum atomic E-state index is -4.59. The molecule has 3 aromatic rings. The topological polar surface area (TPSA) is 71.7 Å². The van der Waals surface area contributed by atoms with Crippen LogP contribution in [0.25, 0.3) is 10.2 Å². The molecular weight excluding hydrogens is 405 g/mol. The van der Waals surface area contributed by atoms with E-state index in [1.165, 1.54) is 10.6 Å². The first-order valence-corrected chi connectivity index (χ1v) is 8.62. The van der Waals surface area contributed by atoms with Crippen molar-refractivity contribution in [3.8, 4) is 0 Å². The molecule has 140 valence electrons. The molecule has 10 heteroatoms. The highest BCUT2D eigenvalue weighted by molar-refractivity contribution is 7.17. The van der Waals surface area contributed by atoms with Crippen LogP contribution in [0, 0.1) is 0 Å². The standard InChI is InChI=1S/C17H10ClF3N2O3S/c18-11-5-2-6-12-14(11)27-16(23(12)8-13(24)25)22-15(26)9-3-1-4-10(7-9)17(19,20)21/h1-7H,8H2,(H,24,25). The second-order valence-electron chi connectivity index (χ2n) is 5.45. The number of carboxylic acid groups (broad SMARTS) is 1. The highest BCUT2D eigenvalue weighted by Crippen LogP contribution is 2.30. The molecule has 0 saturated carbocycles. The van der Waals surface area contributed by atoms with Crippen LogP contribution in [-0.2, 0) is 17.5 Å². The van der Waals surface area contributed by atoms with Crippen molar-refractivity contribution < 1.29 is 27.9 Å². The molecule has 0 bridgehead atoms. The predicted octanol–water partition coefficient (Wildman–Crippen LogP) is 4.20. The molecule has 1 heterocycles. The van der Waals surface area contributed by atoms with Gasteiger partial charge in [0.1, 0.15) is 6.54 Å². The van der Waals surface area contributed by atoms with Crippen molar-refractivity contribution in [2.45, 2.75) is 12.7 Å². The molecule has 0 atom stereocenters. The van der Waals surface area contributed by atoms with Gasteiger partial charge in [-0.05, 0) is 30.3 Å². The van der Waals surface area contributed by atoms with Gasteiger partial charge >= 0.3 is 12.1 Å². The maximum absolute atomic E-state index is 12.8. The molecule has 3 rings (SSSR count). The number of halogens is 4. The third-order valence-electron chi connectivity index (χ3n) is 3.59. The number of nitrogens with zero attached hydrogens (tertiary/aromatic N) is 2. The van der Waals surface area contributed by atoms with Crippen LogP contribution in [0.1, 0.15) is 15.9 Å². The first-order valence-electron chi connectivity index (χ1n) is 7.43. The number of carboxylic acids is 1. The van der Waals surface area contributed by atoms with Crippen molar-refractivity contribution in [3.05, 3.63) is 63.4 Å². The minimum absolute atomic E-state index is 0.0305. The number of thiazole rings is 1. The second-order valence-corrected chi connectivity index (χ2v) is 6.83. The summed E-state index contributed by atoms with van der Waals surface area (Å²) in [6, 6.07) is 8.71. The Balaban J connectivity index is 2.14. The van der Waals surface area contributed by atoms with Gasteiger partial charge in [0.15, 0.2) is 4.80 Å². The summed E-state index contributed by atoms with van der Waals surface area (Å²) in [5.41, 5.74) is -0.762. The van der Waals surface area contributed by atoms with Crippen molar-refractivity contribution in [2.24, 2.45) is 4.99 Å². The monoisotopic (exact) mass is 414 g/mol. The van der Waals surface area contributed by atoms with Crippen molar-refractivity contribution in [1.29, 1.82) is 0 Å². The third-order valence-corrected chi connectivity index (χ3v) is 5.14. The van der Waals surface area contributed by atoms with Crippen molar-refractivity contribution in [2.75, 3.05) is 0 Å². The van der Waals surface area contributed by atoms with E-state index in [1.54, 1.807) is 18.2 Å². The van der Waals surface area contributed by atoms with Crippen LogP contribution >= 0.6 is 22.9 Å². The summed E-state index contributed by atoms with van der Waals surface area (Å²) in [4.78, 5) is 27.4. The highest BCUT2D eigenvalue weighted by Gasteiger charge is 2.30. The van der Waals surface area contributed by atoms with Crippen molar-refractivity contribution >= 4 is 45.0 Å². The third kappa shape index (κ3) is 4.04. The maximum atomic E-state index is 12.8. The van der Waals surface area contributed by atoms with Crippen LogP contribution in [0.4, 0.5) is 13.2 Å². The second kappa shape index (κ2) is 7.16. The molecule has 0 spiro atoms. The molecule has 1 N–H and O–H groups in total. The number of hydrogen-bond acceptors (Lipinski definition) is 3. The summed E-state index contributed by atoms with van der Waals surface area (Å²) >= 11 is 7.08. The zero-order valence-electron chi connectivity index (χ0n) is 13.3. The van der Waals surface area contributed by atoms with E-state index < -0.39 is 30.2 Å². The lowest BCUT2D eigenvalue weighted by molar-refractivity contribution is -0.138. The molecule has 27 heavy (non-hydrogen) atoms. The number of rotatable bonds is 3. The minimum Gasteiger partial charge on any atom is -0.480 e. The van der Waals surface area contributed by atoms with Gasteiger partial charge in [-0.3, -0.25) is 9.59 Å². The van der Waals surface area contributed by atoms with E-state index in [4.69, 9.17) is 16.7 Å². The molecule has 0 unspecified atom stereocenters. The van der Waals surface area contributed by atoms with Crippen LogP contribution in [-0.4, -0.2) is 21.6 Å². The summed E-state index contributed by atoms with van der Waals surface area (Å²) in [5, 5.41) is 9.47. The number of carbonyl (C=O) groups excluding carboxylic acids is 1. The molecule has 0 aliphatic rings. The SMILES string of the molecule is O=C(O)Cn1c(=NC(=O)c2cccc(C(F)(F)F)c2)sc2c(Cl)cccc21. The average molecular weight is 415 g/mol. The summed E-state index contributed by atoms with van der Waals surface area (Å²) in [6.45, 7) is -0.477. The number of aromatic nitrogens is 1. The molecule has 0 fully saturated rings. The summed E-state index contributed by atoms with van der Waals surface area (Å²) in [5.74, 6) is -2.08. The van der Waals surface area contributed by atoms with Gasteiger partial charge in [-0.15, -0.1) is 0 Å². The van der Waals surface area contributed by atoms with E-state index in [1.807, 2.05) is 0 Å². The largest absolute Gasteiger partial charge is 0.480 e. The van der Waals surface area contributed by atoms with E-state index >= 15 is 0 Å². The van der Waals surface area contributed by atoms with Crippen LogP contribution in [0.15, 0.2) is 47.5 Å². The highest BCUT2D eigenvalue weighted by atomic mass is 35.5. The first-order chi connectivity index (χ1) is 12.7. The fourth-order valence-electron chi connectivity index (χ4n) is 2.41. The van der Waals surface area contributed by atoms with E-state index in [2.05, 4.69) is 4.99 Å². The number of hydrogen-bond donors (Lipinski definition) is 1. The number of fused-ring (bicyclic) bond motifs is 1. The van der Waals surface area contributed by atoms with Gasteiger partial charge in [-0.1, -0.05) is 35.1 Å². The molecule has 5 nitrogen and oxygen atoms in total. The number of aliphatic carboxylic acids is 1.